The fraction of sp³-hybridized carbons (Fsp3) is 0.188. The molecule has 9 nitrogen and oxygen atoms in total. The van der Waals surface area contributed by atoms with E-state index >= 15 is 0 Å². The SMILES string of the molecule is CC(=O)N(CCC[C@H](NC(=O)c1cccn(C(c2ccccc2)c2ccccc2)c1=O)C(=O)O)C1=CC=CC=CN1. The lowest BCUT2D eigenvalue weighted by Crippen LogP contribution is -2.44. The molecule has 2 aromatic carbocycles. The Labute approximate surface area is 238 Å². The highest BCUT2D eigenvalue weighted by Gasteiger charge is 2.25. The Bertz CT molecular complexity index is 1490. The first kappa shape index (κ1) is 28.8. The van der Waals surface area contributed by atoms with Gasteiger partial charge in [0, 0.05) is 25.9 Å². The van der Waals surface area contributed by atoms with Gasteiger partial charge in [0.2, 0.25) is 5.91 Å². The normalized spacial score (nSPS) is 13.1. The predicted molar refractivity (Wildman–Crippen MR) is 156 cm³/mol. The van der Waals surface area contributed by atoms with Crippen LogP contribution in [0.25, 0.3) is 0 Å². The molecule has 1 atom stereocenters. The number of nitrogens with one attached hydrogen (secondary N) is 2. The molecule has 41 heavy (non-hydrogen) atoms. The van der Waals surface area contributed by atoms with Gasteiger partial charge in [0.25, 0.3) is 11.5 Å². The number of amides is 2. The Morgan fingerprint density at radius 3 is 2.20 bits per heavy atom. The summed E-state index contributed by atoms with van der Waals surface area (Å²) in [7, 11) is 0. The maximum Gasteiger partial charge on any atom is 0.326 e. The topological polar surface area (TPSA) is 121 Å². The van der Waals surface area contributed by atoms with Crippen molar-refractivity contribution in [2.75, 3.05) is 6.54 Å². The number of hydrogen-bond acceptors (Lipinski definition) is 5. The number of aliphatic carboxylic acids is 1. The molecule has 210 valence electrons. The van der Waals surface area contributed by atoms with Crippen molar-refractivity contribution >= 4 is 17.8 Å². The molecule has 0 radical (unpaired) electrons. The van der Waals surface area contributed by atoms with E-state index in [1.54, 1.807) is 36.7 Å². The number of hydrogen-bond donors (Lipinski definition) is 3. The van der Waals surface area contributed by atoms with Crippen LogP contribution in [0.1, 0.15) is 47.3 Å². The van der Waals surface area contributed by atoms with Crippen molar-refractivity contribution in [1.82, 2.24) is 20.1 Å². The smallest absolute Gasteiger partial charge is 0.326 e. The molecule has 0 bridgehead atoms. The van der Waals surface area contributed by atoms with E-state index in [0.29, 0.717) is 12.2 Å². The van der Waals surface area contributed by atoms with E-state index < -0.39 is 29.5 Å². The third-order valence-corrected chi connectivity index (χ3v) is 6.68. The van der Waals surface area contributed by atoms with E-state index in [0.717, 1.165) is 11.1 Å². The highest BCUT2D eigenvalue weighted by Crippen LogP contribution is 2.25. The van der Waals surface area contributed by atoms with E-state index in [2.05, 4.69) is 10.6 Å². The molecule has 3 aromatic rings. The fourth-order valence-corrected chi connectivity index (χ4v) is 4.68. The molecule has 1 aliphatic rings. The number of carboxylic acid groups (broad SMARTS) is 1. The van der Waals surface area contributed by atoms with Gasteiger partial charge < -0.3 is 20.3 Å². The van der Waals surface area contributed by atoms with Gasteiger partial charge in [0.1, 0.15) is 17.4 Å². The minimum atomic E-state index is -1.25. The minimum absolute atomic E-state index is 0.0570. The molecule has 2 amide bonds. The van der Waals surface area contributed by atoms with Crippen LogP contribution in [-0.2, 0) is 9.59 Å². The van der Waals surface area contributed by atoms with Gasteiger partial charge in [-0.1, -0.05) is 72.8 Å². The Hall–Kier alpha value is -5.18. The molecular weight excluding hydrogens is 520 g/mol. The van der Waals surface area contributed by atoms with Crippen molar-refractivity contribution in [1.29, 1.82) is 0 Å². The first-order valence-electron chi connectivity index (χ1n) is 13.3. The number of carbonyl (C=O) groups excluding carboxylic acids is 2. The number of benzene rings is 2. The largest absolute Gasteiger partial charge is 0.480 e. The van der Waals surface area contributed by atoms with E-state index in [1.807, 2.05) is 66.7 Å². The van der Waals surface area contributed by atoms with Gasteiger partial charge >= 0.3 is 5.97 Å². The van der Waals surface area contributed by atoms with E-state index in [1.165, 1.54) is 22.5 Å². The molecule has 2 heterocycles. The Morgan fingerprint density at radius 1 is 0.927 bits per heavy atom. The van der Waals surface area contributed by atoms with Crippen molar-refractivity contribution in [2.24, 2.45) is 0 Å². The van der Waals surface area contributed by atoms with E-state index in [9.17, 15) is 24.3 Å². The third kappa shape index (κ3) is 7.27. The quantitative estimate of drug-likeness (QED) is 0.333. The number of allylic oxidation sites excluding steroid dienone is 4. The molecule has 4 rings (SSSR count). The number of nitrogens with zero attached hydrogens (tertiary/aromatic N) is 2. The summed E-state index contributed by atoms with van der Waals surface area (Å²) < 4.78 is 1.48. The first-order valence-corrected chi connectivity index (χ1v) is 13.3. The Morgan fingerprint density at radius 2 is 1.59 bits per heavy atom. The lowest BCUT2D eigenvalue weighted by Gasteiger charge is -2.24. The molecule has 0 spiro atoms. The zero-order valence-corrected chi connectivity index (χ0v) is 22.6. The second-order valence-electron chi connectivity index (χ2n) is 9.48. The summed E-state index contributed by atoms with van der Waals surface area (Å²) >= 11 is 0. The highest BCUT2D eigenvalue weighted by molar-refractivity contribution is 5.96. The second kappa shape index (κ2) is 13.7. The molecule has 9 heteroatoms. The number of rotatable bonds is 11. The second-order valence-corrected chi connectivity index (χ2v) is 9.48. The first-order chi connectivity index (χ1) is 19.9. The van der Waals surface area contributed by atoms with Crippen LogP contribution in [-0.4, -0.2) is 44.9 Å². The molecule has 0 fully saturated rings. The lowest BCUT2D eigenvalue weighted by molar-refractivity contribution is -0.139. The van der Waals surface area contributed by atoms with E-state index in [4.69, 9.17) is 0 Å². The zero-order chi connectivity index (χ0) is 29.2. The maximum atomic E-state index is 13.6. The summed E-state index contributed by atoms with van der Waals surface area (Å²) in [6.07, 6.45) is 10.8. The number of pyridine rings is 1. The van der Waals surface area contributed by atoms with Crippen molar-refractivity contribution < 1.29 is 19.5 Å². The number of carbonyl (C=O) groups is 3. The summed E-state index contributed by atoms with van der Waals surface area (Å²) in [6.45, 7) is 1.67. The molecule has 0 unspecified atom stereocenters. The molecular formula is C32H32N4O5. The summed E-state index contributed by atoms with van der Waals surface area (Å²) in [5.74, 6) is -1.65. The third-order valence-electron chi connectivity index (χ3n) is 6.68. The molecule has 1 aromatic heterocycles. The maximum absolute atomic E-state index is 13.6. The summed E-state index contributed by atoms with van der Waals surface area (Å²) in [5, 5.41) is 15.3. The molecule has 0 saturated carbocycles. The van der Waals surface area contributed by atoms with Gasteiger partial charge in [0.05, 0.1) is 6.04 Å². The summed E-state index contributed by atoms with van der Waals surface area (Å²) in [4.78, 5) is 52.6. The zero-order valence-electron chi connectivity index (χ0n) is 22.6. The van der Waals surface area contributed by atoms with Crippen LogP contribution in [0.4, 0.5) is 0 Å². The van der Waals surface area contributed by atoms with Crippen LogP contribution >= 0.6 is 0 Å². The van der Waals surface area contributed by atoms with Gasteiger partial charge in [-0.3, -0.25) is 19.3 Å². The highest BCUT2D eigenvalue weighted by atomic mass is 16.4. The van der Waals surface area contributed by atoms with Gasteiger partial charge in [-0.05, 0) is 48.3 Å². The van der Waals surface area contributed by atoms with Gasteiger partial charge in [-0.25, -0.2) is 4.79 Å². The van der Waals surface area contributed by atoms with Gasteiger partial charge in [-0.15, -0.1) is 0 Å². The Kier molecular flexibility index (Phi) is 9.66. The number of aromatic nitrogens is 1. The van der Waals surface area contributed by atoms with Crippen LogP contribution in [0.5, 0.6) is 0 Å². The molecule has 3 N–H and O–H groups in total. The molecule has 0 saturated heterocycles. The molecule has 0 aliphatic carbocycles. The van der Waals surface area contributed by atoms with Gasteiger partial charge in [-0.2, -0.15) is 0 Å². The van der Waals surface area contributed by atoms with Crippen molar-refractivity contribution in [3.8, 4) is 0 Å². The van der Waals surface area contributed by atoms with E-state index in [-0.39, 0.29) is 24.4 Å². The average Bonchev–Trinajstić information content (AvgIpc) is 3.26. The van der Waals surface area contributed by atoms with Crippen molar-refractivity contribution in [3.05, 3.63) is 142 Å². The fourth-order valence-electron chi connectivity index (χ4n) is 4.68. The standard InChI is InChI=1S/C32H32N4O5/c1-23(37)35(28-19-9-4-10-20-33-28)21-12-18-27(32(40)41)34-30(38)26-17-11-22-36(31(26)39)29(24-13-5-2-6-14-24)25-15-7-3-8-16-25/h2-11,13-17,19-20,22,27,29,33H,12,18,21H2,1H3,(H,34,38)(H,40,41)/t27-/m0/s1. The monoisotopic (exact) mass is 552 g/mol. The average molecular weight is 553 g/mol. The van der Waals surface area contributed by atoms with Crippen LogP contribution in [0, 0.1) is 0 Å². The number of carboxylic acids is 1. The summed E-state index contributed by atoms with van der Waals surface area (Å²) in [5.41, 5.74) is 1.02. The summed E-state index contributed by atoms with van der Waals surface area (Å²) in [6, 6.07) is 20.2. The minimum Gasteiger partial charge on any atom is -0.480 e. The van der Waals surface area contributed by atoms with Crippen molar-refractivity contribution in [2.45, 2.75) is 31.8 Å². The van der Waals surface area contributed by atoms with Crippen LogP contribution in [0.15, 0.2) is 120 Å². The van der Waals surface area contributed by atoms with Gasteiger partial charge in [0.15, 0.2) is 0 Å². The predicted octanol–water partition coefficient (Wildman–Crippen LogP) is 3.81. The molecule has 1 aliphatic heterocycles. The van der Waals surface area contributed by atoms with Crippen LogP contribution in [0.3, 0.4) is 0 Å². The Balaban J connectivity index is 1.52. The van der Waals surface area contributed by atoms with Crippen LogP contribution in [0.2, 0.25) is 0 Å². The van der Waals surface area contributed by atoms with Crippen LogP contribution < -0.4 is 16.2 Å². The lowest BCUT2D eigenvalue weighted by atomic mass is 9.98. The van der Waals surface area contributed by atoms with Crippen molar-refractivity contribution in [3.63, 3.8) is 0 Å².